The molecule has 1 aliphatic rings. The van der Waals surface area contributed by atoms with Crippen molar-refractivity contribution in [2.24, 2.45) is 0 Å². The SMILES string of the molecule is CCCNC(CCN1CCCOCC1)c1ccc(Br)cc1. The smallest absolute Gasteiger partial charge is 0.0593 e. The van der Waals surface area contributed by atoms with Crippen molar-refractivity contribution in [2.45, 2.75) is 32.2 Å². The third-order valence-corrected chi connectivity index (χ3v) is 4.49. The van der Waals surface area contributed by atoms with Gasteiger partial charge in [-0.15, -0.1) is 0 Å². The number of benzene rings is 1. The zero-order chi connectivity index (χ0) is 14.9. The molecule has 1 unspecified atom stereocenters. The number of ether oxygens (including phenoxy) is 1. The van der Waals surface area contributed by atoms with Gasteiger partial charge in [0, 0.05) is 36.8 Å². The molecule has 1 aromatic rings. The van der Waals surface area contributed by atoms with Crippen LogP contribution in [0.25, 0.3) is 0 Å². The second-order valence-electron chi connectivity index (χ2n) is 5.65. The number of nitrogens with one attached hydrogen (secondary N) is 1. The minimum atomic E-state index is 0.447. The van der Waals surface area contributed by atoms with Crippen LogP contribution in [0.5, 0.6) is 0 Å². The van der Waals surface area contributed by atoms with Crippen LogP contribution < -0.4 is 5.32 Å². The summed E-state index contributed by atoms with van der Waals surface area (Å²) in [6.07, 6.45) is 3.48. The van der Waals surface area contributed by atoms with Crippen molar-refractivity contribution < 1.29 is 4.74 Å². The summed E-state index contributed by atoms with van der Waals surface area (Å²) in [7, 11) is 0. The van der Waals surface area contributed by atoms with E-state index in [1.54, 1.807) is 0 Å². The molecule has 0 spiro atoms. The van der Waals surface area contributed by atoms with Crippen LogP contribution in [0.3, 0.4) is 0 Å². The first-order chi connectivity index (χ1) is 10.3. The van der Waals surface area contributed by atoms with Crippen LogP contribution in [0.2, 0.25) is 0 Å². The van der Waals surface area contributed by atoms with Gasteiger partial charge in [-0.3, -0.25) is 0 Å². The third kappa shape index (κ3) is 6.07. The Bertz CT molecular complexity index is 388. The van der Waals surface area contributed by atoms with Crippen molar-refractivity contribution in [3.63, 3.8) is 0 Å². The largest absolute Gasteiger partial charge is 0.380 e. The van der Waals surface area contributed by atoms with Crippen molar-refractivity contribution in [1.82, 2.24) is 10.2 Å². The average molecular weight is 355 g/mol. The lowest BCUT2D eigenvalue weighted by molar-refractivity contribution is 0.140. The lowest BCUT2D eigenvalue weighted by Gasteiger charge is -2.24. The average Bonchev–Trinajstić information content (AvgIpc) is 2.77. The van der Waals surface area contributed by atoms with Crippen LogP contribution >= 0.6 is 15.9 Å². The third-order valence-electron chi connectivity index (χ3n) is 3.96. The lowest BCUT2D eigenvalue weighted by atomic mass is 10.0. The summed E-state index contributed by atoms with van der Waals surface area (Å²) in [5.41, 5.74) is 1.39. The van der Waals surface area contributed by atoms with E-state index in [1.807, 2.05) is 0 Å². The van der Waals surface area contributed by atoms with Crippen LogP contribution in [-0.4, -0.2) is 44.3 Å². The highest BCUT2D eigenvalue weighted by atomic mass is 79.9. The van der Waals surface area contributed by atoms with Crippen molar-refractivity contribution in [3.05, 3.63) is 34.3 Å². The van der Waals surface area contributed by atoms with Crippen molar-refractivity contribution in [3.8, 4) is 0 Å². The predicted octanol–water partition coefficient (Wildman–Crippen LogP) is 3.60. The second-order valence-corrected chi connectivity index (χ2v) is 6.57. The van der Waals surface area contributed by atoms with Crippen molar-refractivity contribution >= 4 is 15.9 Å². The molecule has 1 atom stereocenters. The number of halogens is 1. The van der Waals surface area contributed by atoms with Crippen LogP contribution in [0.15, 0.2) is 28.7 Å². The van der Waals surface area contributed by atoms with Gasteiger partial charge in [-0.1, -0.05) is 35.0 Å². The molecule has 0 bridgehead atoms. The van der Waals surface area contributed by atoms with Crippen LogP contribution in [0.1, 0.15) is 37.8 Å². The monoisotopic (exact) mass is 354 g/mol. The fourth-order valence-electron chi connectivity index (χ4n) is 2.73. The van der Waals surface area contributed by atoms with Gasteiger partial charge in [0.25, 0.3) is 0 Å². The van der Waals surface area contributed by atoms with E-state index in [0.29, 0.717) is 6.04 Å². The molecule has 2 rings (SSSR count). The normalized spacial score (nSPS) is 18.4. The summed E-state index contributed by atoms with van der Waals surface area (Å²) < 4.78 is 6.68. The fourth-order valence-corrected chi connectivity index (χ4v) is 3.00. The summed E-state index contributed by atoms with van der Waals surface area (Å²) in [4.78, 5) is 2.53. The molecule has 0 aromatic heterocycles. The number of nitrogens with zero attached hydrogens (tertiary/aromatic N) is 1. The summed E-state index contributed by atoms with van der Waals surface area (Å²) in [5, 5.41) is 3.69. The van der Waals surface area contributed by atoms with Gasteiger partial charge >= 0.3 is 0 Å². The number of rotatable bonds is 7. The van der Waals surface area contributed by atoms with Gasteiger partial charge in [0.15, 0.2) is 0 Å². The Labute approximate surface area is 137 Å². The van der Waals surface area contributed by atoms with E-state index in [4.69, 9.17) is 4.74 Å². The van der Waals surface area contributed by atoms with Gasteiger partial charge in [-0.25, -0.2) is 0 Å². The first-order valence-electron chi connectivity index (χ1n) is 8.08. The molecule has 0 aliphatic carbocycles. The van der Waals surface area contributed by atoms with Gasteiger partial charge in [-0.05, 0) is 43.5 Å². The predicted molar refractivity (Wildman–Crippen MR) is 91.7 cm³/mol. The van der Waals surface area contributed by atoms with E-state index in [0.717, 1.165) is 50.2 Å². The van der Waals surface area contributed by atoms with Crippen molar-refractivity contribution in [2.75, 3.05) is 39.4 Å². The highest BCUT2D eigenvalue weighted by Gasteiger charge is 2.14. The van der Waals surface area contributed by atoms with Crippen molar-refractivity contribution in [1.29, 1.82) is 0 Å². The molecule has 3 nitrogen and oxygen atoms in total. The lowest BCUT2D eigenvalue weighted by Crippen LogP contribution is -2.31. The molecule has 1 fully saturated rings. The zero-order valence-corrected chi connectivity index (χ0v) is 14.6. The quantitative estimate of drug-likeness (QED) is 0.809. The summed E-state index contributed by atoms with van der Waals surface area (Å²) in [5.74, 6) is 0. The minimum Gasteiger partial charge on any atom is -0.380 e. The van der Waals surface area contributed by atoms with Gasteiger partial charge < -0.3 is 15.0 Å². The Kier molecular flexibility index (Phi) is 7.72. The first-order valence-corrected chi connectivity index (χ1v) is 8.88. The van der Waals surface area contributed by atoms with Gasteiger partial charge in [0.2, 0.25) is 0 Å². The topological polar surface area (TPSA) is 24.5 Å². The zero-order valence-electron chi connectivity index (χ0n) is 13.0. The summed E-state index contributed by atoms with van der Waals surface area (Å²) >= 11 is 3.51. The molecule has 0 amide bonds. The maximum Gasteiger partial charge on any atom is 0.0593 e. The highest BCUT2D eigenvalue weighted by Crippen LogP contribution is 2.20. The molecular formula is C17H27BrN2O. The molecule has 1 aromatic carbocycles. The second kappa shape index (κ2) is 9.57. The fraction of sp³-hybridized carbons (Fsp3) is 0.647. The van der Waals surface area contributed by atoms with Crippen LogP contribution in [0.4, 0.5) is 0 Å². The van der Waals surface area contributed by atoms with Crippen LogP contribution in [-0.2, 0) is 4.74 Å². The number of hydrogen-bond donors (Lipinski definition) is 1. The molecule has 4 heteroatoms. The summed E-state index contributed by atoms with van der Waals surface area (Å²) in [6.45, 7) is 8.47. The summed E-state index contributed by atoms with van der Waals surface area (Å²) in [6, 6.07) is 9.17. The Balaban J connectivity index is 1.90. The van der Waals surface area contributed by atoms with Gasteiger partial charge in [0.1, 0.15) is 0 Å². The Morgan fingerprint density at radius 1 is 1.24 bits per heavy atom. The van der Waals surface area contributed by atoms with E-state index < -0.39 is 0 Å². The Morgan fingerprint density at radius 3 is 2.81 bits per heavy atom. The van der Waals surface area contributed by atoms with Gasteiger partial charge in [0.05, 0.1) is 6.61 Å². The molecule has 1 aliphatic heterocycles. The molecule has 1 N–H and O–H groups in total. The van der Waals surface area contributed by atoms with Gasteiger partial charge in [-0.2, -0.15) is 0 Å². The molecule has 1 heterocycles. The molecule has 0 saturated carbocycles. The standard InChI is InChI=1S/C17H27BrN2O/c1-2-9-19-17(15-4-6-16(18)7-5-15)8-11-20-10-3-13-21-14-12-20/h4-7,17,19H,2-3,8-14H2,1H3. The highest BCUT2D eigenvalue weighted by molar-refractivity contribution is 9.10. The minimum absolute atomic E-state index is 0.447. The first kappa shape index (κ1) is 16.9. The molecular weight excluding hydrogens is 328 g/mol. The molecule has 118 valence electrons. The Hall–Kier alpha value is -0.420. The Morgan fingerprint density at radius 2 is 2.05 bits per heavy atom. The maximum atomic E-state index is 5.53. The number of hydrogen-bond acceptors (Lipinski definition) is 3. The molecule has 1 saturated heterocycles. The molecule has 21 heavy (non-hydrogen) atoms. The van der Waals surface area contributed by atoms with E-state index in [2.05, 4.69) is 57.3 Å². The molecule has 0 radical (unpaired) electrons. The van der Waals surface area contributed by atoms with E-state index in [9.17, 15) is 0 Å². The van der Waals surface area contributed by atoms with E-state index in [1.165, 1.54) is 18.5 Å². The maximum absolute atomic E-state index is 5.53. The van der Waals surface area contributed by atoms with E-state index >= 15 is 0 Å². The van der Waals surface area contributed by atoms with E-state index in [-0.39, 0.29) is 0 Å². The van der Waals surface area contributed by atoms with Crippen LogP contribution in [0, 0.1) is 0 Å².